The Morgan fingerprint density at radius 1 is 1.00 bits per heavy atom. The smallest absolute Gasteiger partial charge is 0.119 e. The molecule has 0 fully saturated rings. The van der Waals surface area contributed by atoms with E-state index in [0.717, 1.165) is 38.0 Å². The monoisotopic (exact) mass is 336 g/mol. The van der Waals surface area contributed by atoms with Crippen LogP contribution in [-0.2, 0) is 11.8 Å². The van der Waals surface area contributed by atoms with Gasteiger partial charge in [0.05, 0.1) is 6.61 Å². The van der Waals surface area contributed by atoms with Crippen LogP contribution >= 0.6 is 0 Å². The van der Waals surface area contributed by atoms with Crippen LogP contribution in [0, 0.1) is 0 Å². The summed E-state index contributed by atoms with van der Waals surface area (Å²) in [4.78, 5) is 0. The maximum atomic E-state index is 5.77. The number of rotatable bonds is 8. The highest BCUT2D eigenvalue weighted by molar-refractivity contribution is 5.51. The van der Waals surface area contributed by atoms with Gasteiger partial charge in [0.2, 0.25) is 0 Å². The van der Waals surface area contributed by atoms with Gasteiger partial charge in [-0.2, -0.15) is 0 Å². The van der Waals surface area contributed by atoms with Gasteiger partial charge in [-0.3, -0.25) is 0 Å². The number of ether oxygens (including phenoxy) is 1. The van der Waals surface area contributed by atoms with Crippen LogP contribution in [-0.4, -0.2) is 6.61 Å². The molecule has 25 heavy (non-hydrogen) atoms. The summed E-state index contributed by atoms with van der Waals surface area (Å²) in [7, 11) is 0. The van der Waals surface area contributed by atoms with Crippen LogP contribution in [0.2, 0.25) is 0 Å². The second-order valence-electron chi connectivity index (χ2n) is 7.66. The molecular formula is C24H32O. The average molecular weight is 337 g/mol. The zero-order valence-corrected chi connectivity index (χ0v) is 16.2. The quantitative estimate of drug-likeness (QED) is 0.481. The SMILES string of the molecule is CCCCOc1cccc(/C=C/CCc2ccc(C(C)(C)C)cc2)c1. The third-order valence-electron chi connectivity index (χ3n) is 4.35. The fraction of sp³-hybridized carbons (Fsp3) is 0.417. The predicted molar refractivity (Wildman–Crippen MR) is 109 cm³/mol. The first-order valence-electron chi connectivity index (χ1n) is 9.48. The minimum absolute atomic E-state index is 0.225. The van der Waals surface area contributed by atoms with Gasteiger partial charge in [-0.15, -0.1) is 0 Å². The van der Waals surface area contributed by atoms with E-state index in [1.807, 2.05) is 6.07 Å². The topological polar surface area (TPSA) is 9.23 Å². The van der Waals surface area contributed by atoms with Crippen LogP contribution in [0.15, 0.2) is 54.6 Å². The van der Waals surface area contributed by atoms with Gasteiger partial charge >= 0.3 is 0 Å². The molecular weight excluding hydrogens is 304 g/mol. The molecule has 1 heteroatoms. The normalized spacial score (nSPS) is 11.8. The Bertz CT molecular complexity index is 659. The molecule has 134 valence electrons. The van der Waals surface area contributed by atoms with Crippen molar-refractivity contribution in [3.8, 4) is 5.75 Å². The van der Waals surface area contributed by atoms with Crippen molar-refractivity contribution in [1.29, 1.82) is 0 Å². The minimum atomic E-state index is 0.225. The van der Waals surface area contributed by atoms with Crippen molar-refractivity contribution in [2.75, 3.05) is 6.61 Å². The average Bonchev–Trinajstić information content (AvgIpc) is 2.59. The summed E-state index contributed by atoms with van der Waals surface area (Å²) in [6.07, 6.45) is 8.84. The fourth-order valence-electron chi connectivity index (χ4n) is 2.68. The zero-order chi connectivity index (χ0) is 18.1. The largest absolute Gasteiger partial charge is 0.494 e. The Morgan fingerprint density at radius 3 is 2.44 bits per heavy atom. The second-order valence-corrected chi connectivity index (χ2v) is 7.66. The van der Waals surface area contributed by atoms with Crippen molar-refractivity contribution in [2.24, 2.45) is 0 Å². The molecule has 0 saturated carbocycles. The number of unbranched alkanes of at least 4 members (excludes halogenated alkanes) is 1. The molecule has 0 aliphatic heterocycles. The zero-order valence-electron chi connectivity index (χ0n) is 16.2. The summed E-state index contributed by atoms with van der Waals surface area (Å²) in [5.41, 5.74) is 4.22. The molecule has 0 aromatic heterocycles. The van der Waals surface area contributed by atoms with Gasteiger partial charge in [-0.25, -0.2) is 0 Å². The van der Waals surface area contributed by atoms with E-state index < -0.39 is 0 Å². The van der Waals surface area contributed by atoms with Gasteiger partial charge in [0.1, 0.15) is 5.75 Å². The Kier molecular flexibility index (Phi) is 7.31. The van der Waals surface area contributed by atoms with Gasteiger partial charge in [0.25, 0.3) is 0 Å². The molecule has 2 aromatic rings. The first kappa shape index (κ1) is 19.3. The summed E-state index contributed by atoms with van der Waals surface area (Å²) in [5, 5.41) is 0. The van der Waals surface area contributed by atoms with E-state index in [0.29, 0.717) is 0 Å². The molecule has 0 unspecified atom stereocenters. The summed E-state index contributed by atoms with van der Waals surface area (Å²) in [6, 6.07) is 17.4. The van der Waals surface area contributed by atoms with Crippen molar-refractivity contribution in [3.63, 3.8) is 0 Å². The van der Waals surface area contributed by atoms with Crippen LogP contribution < -0.4 is 4.74 Å². The number of aryl methyl sites for hydroxylation is 1. The Hall–Kier alpha value is -2.02. The van der Waals surface area contributed by atoms with E-state index in [2.05, 4.69) is 82.3 Å². The molecule has 2 rings (SSSR count). The van der Waals surface area contributed by atoms with Crippen LogP contribution in [0.1, 0.15) is 63.6 Å². The van der Waals surface area contributed by atoms with E-state index in [1.165, 1.54) is 16.7 Å². The molecule has 0 aliphatic carbocycles. The number of benzene rings is 2. The van der Waals surface area contributed by atoms with Crippen LogP contribution in [0.25, 0.3) is 6.08 Å². The molecule has 0 aliphatic rings. The van der Waals surface area contributed by atoms with Gasteiger partial charge < -0.3 is 4.74 Å². The van der Waals surface area contributed by atoms with E-state index in [-0.39, 0.29) is 5.41 Å². The Balaban J connectivity index is 1.84. The summed E-state index contributed by atoms with van der Waals surface area (Å²) < 4.78 is 5.77. The van der Waals surface area contributed by atoms with Crippen LogP contribution in [0.4, 0.5) is 0 Å². The molecule has 0 N–H and O–H groups in total. The number of hydrogen-bond acceptors (Lipinski definition) is 1. The first-order chi connectivity index (χ1) is 12.0. The Labute approximate surface area is 153 Å². The molecule has 0 amide bonds. The standard InChI is InChI=1S/C24H32O/c1-5-6-18-25-23-13-9-12-21(19-23)11-8-7-10-20-14-16-22(17-15-20)24(2,3)4/h8-9,11-17,19H,5-7,10,18H2,1-4H3/b11-8+. The maximum Gasteiger partial charge on any atom is 0.119 e. The highest BCUT2D eigenvalue weighted by Crippen LogP contribution is 2.22. The minimum Gasteiger partial charge on any atom is -0.494 e. The predicted octanol–water partition coefficient (Wildman–Crippen LogP) is 6.81. The molecule has 0 atom stereocenters. The van der Waals surface area contributed by atoms with Crippen molar-refractivity contribution >= 4 is 6.08 Å². The highest BCUT2D eigenvalue weighted by Gasteiger charge is 2.12. The van der Waals surface area contributed by atoms with Crippen molar-refractivity contribution in [1.82, 2.24) is 0 Å². The third kappa shape index (κ3) is 6.78. The first-order valence-corrected chi connectivity index (χ1v) is 9.48. The van der Waals surface area contributed by atoms with Crippen LogP contribution in [0.5, 0.6) is 5.75 Å². The summed E-state index contributed by atoms with van der Waals surface area (Å²) in [5.74, 6) is 0.966. The lowest BCUT2D eigenvalue weighted by molar-refractivity contribution is 0.309. The van der Waals surface area contributed by atoms with Gasteiger partial charge in [0.15, 0.2) is 0 Å². The molecule has 2 aromatic carbocycles. The molecule has 0 radical (unpaired) electrons. The van der Waals surface area contributed by atoms with E-state index in [9.17, 15) is 0 Å². The molecule has 1 nitrogen and oxygen atoms in total. The van der Waals surface area contributed by atoms with Crippen molar-refractivity contribution in [2.45, 2.75) is 58.8 Å². The summed E-state index contributed by atoms with van der Waals surface area (Å²) in [6.45, 7) is 9.74. The lowest BCUT2D eigenvalue weighted by Crippen LogP contribution is -2.10. The molecule has 0 heterocycles. The molecule has 0 bridgehead atoms. The number of hydrogen-bond donors (Lipinski definition) is 0. The highest BCUT2D eigenvalue weighted by atomic mass is 16.5. The number of allylic oxidation sites excluding steroid dienone is 1. The van der Waals surface area contributed by atoms with E-state index in [1.54, 1.807) is 0 Å². The lowest BCUT2D eigenvalue weighted by atomic mass is 9.86. The van der Waals surface area contributed by atoms with Gasteiger partial charge in [-0.05, 0) is 53.5 Å². The maximum absolute atomic E-state index is 5.77. The Morgan fingerprint density at radius 2 is 1.76 bits per heavy atom. The van der Waals surface area contributed by atoms with Crippen molar-refractivity contribution in [3.05, 3.63) is 71.3 Å². The fourth-order valence-corrected chi connectivity index (χ4v) is 2.68. The van der Waals surface area contributed by atoms with Crippen molar-refractivity contribution < 1.29 is 4.74 Å². The third-order valence-corrected chi connectivity index (χ3v) is 4.35. The molecule has 0 saturated heterocycles. The second kappa shape index (κ2) is 9.46. The van der Waals surface area contributed by atoms with E-state index >= 15 is 0 Å². The van der Waals surface area contributed by atoms with Gasteiger partial charge in [0, 0.05) is 0 Å². The van der Waals surface area contributed by atoms with Gasteiger partial charge in [-0.1, -0.05) is 82.7 Å². The summed E-state index contributed by atoms with van der Waals surface area (Å²) >= 11 is 0. The van der Waals surface area contributed by atoms with Crippen LogP contribution in [0.3, 0.4) is 0 Å². The molecule has 0 spiro atoms. The lowest BCUT2D eigenvalue weighted by Gasteiger charge is -2.19. The van der Waals surface area contributed by atoms with E-state index in [4.69, 9.17) is 4.74 Å².